The van der Waals surface area contributed by atoms with Crippen molar-refractivity contribution in [2.45, 2.75) is 25.3 Å². The first-order valence-electron chi connectivity index (χ1n) is 9.94. The van der Waals surface area contributed by atoms with E-state index in [-0.39, 0.29) is 11.8 Å². The first-order chi connectivity index (χ1) is 15.1. The lowest BCUT2D eigenvalue weighted by molar-refractivity contribution is -0.134. The number of piperidine rings is 1. The Bertz CT molecular complexity index is 1300. The van der Waals surface area contributed by atoms with Crippen LogP contribution < -0.4 is 5.32 Å². The summed E-state index contributed by atoms with van der Waals surface area (Å²) in [4.78, 5) is 32.3. The number of aromatic nitrogens is 4. The van der Waals surface area contributed by atoms with E-state index in [0.717, 1.165) is 27.6 Å². The fourth-order valence-corrected chi connectivity index (χ4v) is 4.33. The zero-order valence-corrected chi connectivity index (χ0v) is 17.2. The second kappa shape index (κ2) is 7.92. The maximum absolute atomic E-state index is 12.3. The van der Waals surface area contributed by atoms with Crippen LogP contribution in [0.1, 0.15) is 30.1 Å². The highest BCUT2D eigenvalue weighted by atomic mass is 35.5. The van der Waals surface area contributed by atoms with Gasteiger partial charge in [0.1, 0.15) is 12.4 Å². The van der Waals surface area contributed by atoms with Crippen molar-refractivity contribution in [3.63, 3.8) is 0 Å². The third-order valence-corrected chi connectivity index (χ3v) is 5.93. The van der Waals surface area contributed by atoms with E-state index in [2.05, 4.69) is 20.4 Å². The van der Waals surface area contributed by atoms with Crippen LogP contribution in [0.2, 0.25) is 5.02 Å². The molecule has 1 atom stereocenters. The first kappa shape index (κ1) is 19.4. The highest BCUT2D eigenvalue weighted by molar-refractivity contribution is 6.34. The number of amides is 2. The number of imide groups is 1. The Kier molecular flexibility index (Phi) is 4.95. The fraction of sp³-hybridized carbons (Fsp3) is 0.174. The van der Waals surface area contributed by atoms with Gasteiger partial charge in [-0.15, -0.1) is 0 Å². The van der Waals surface area contributed by atoms with Crippen molar-refractivity contribution in [3.05, 3.63) is 77.5 Å². The Balaban J connectivity index is 1.48. The van der Waals surface area contributed by atoms with Gasteiger partial charge in [-0.05, 0) is 35.7 Å². The molecule has 1 aliphatic rings. The van der Waals surface area contributed by atoms with Crippen LogP contribution in [0.15, 0.2) is 61.1 Å². The number of nitrogens with one attached hydrogen (secondary N) is 1. The molecule has 31 heavy (non-hydrogen) atoms. The van der Waals surface area contributed by atoms with Crippen molar-refractivity contribution in [2.24, 2.45) is 0 Å². The van der Waals surface area contributed by atoms with Gasteiger partial charge in [-0.1, -0.05) is 35.9 Å². The number of benzene rings is 2. The molecule has 1 unspecified atom stereocenters. The van der Waals surface area contributed by atoms with Crippen LogP contribution in [0.5, 0.6) is 0 Å². The zero-order valence-electron chi connectivity index (χ0n) is 16.5. The monoisotopic (exact) mass is 431 g/mol. The van der Waals surface area contributed by atoms with Crippen LogP contribution in [0.3, 0.4) is 0 Å². The predicted molar refractivity (Wildman–Crippen MR) is 116 cm³/mol. The third kappa shape index (κ3) is 3.68. The second-order valence-corrected chi connectivity index (χ2v) is 7.83. The van der Waals surface area contributed by atoms with Crippen molar-refractivity contribution in [3.8, 4) is 11.1 Å². The smallest absolute Gasteiger partial charge is 0.234 e. The molecule has 2 aromatic heterocycles. The number of nitrogens with zero attached hydrogens (tertiary/aromatic N) is 4. The van der Waals surface area contributed by atoms with E-state index in [4.69, 9.17) is 11.6 Å². The minimum atomic E-state index is -0.428. The van der Waals surface area contributed by atoms with Crippen LogP contribution in [-0.4, -0.2) is 31.6 Å². The number of halogens is 1. The van der Waals surface area contributed by atoms with Gasteiger partial charge in [-0.3, -0.25) is 19.6 Å². The molecule has 1 aliphatic heterocycles. The van der Waals surface area contributed by atoms with Gasteiger partial charge >= 0.3 is 0 Å². The van der Waals surface area contributed by atoms with Crippen molar-refractivity contribution in [1.82, 2.24) is 25.1 Å². The summed E-state index contributed by atoms with van der Waals surface area (Å²) in [6.45, 7) is 0.482. The fourth-order valence-electron chi connectivity index (χ4n) is 3.96. The van der Waals surface area contributed by atoms with Gasteiger partial charge in [-0.2, -0.15) is 5.10 Å². The average Bonchev–Trinajstić information content (AvgIpc) is 3.17. The summed E-state index contributed by atoms with van der Waals surface area (Å²) in [6, 6.07) is 13.5. The molecule has 3 heterocycles. The Labute approximate surface area is 183 Å². The molecule has 8 heteroatoms. The lowest BCUT2D eigenvalue weighted by atomic mass is 9.88. The van der Waals surface area contributed by atoms with E-state index in [1.165, 1.54) is 0 Å². The maximum atomic E-state index is 12.3. The molecule has 0 saturated carbocycles. The van der Waals surface area contributed by atoms with Crippen LogP contribution in [0, 0.1) is 0 Å². The van der Waals surface area contributed by atoms with Crippen LogP contribution in [0.4, 0.5) is 0 Å². The van der Waals surface area contributed by atoms with E-state index < -0.39 is 5.92 Å². The second-order valence-electron chi connectivity index (χ2n) is 7.45. The molecular weight excluding hydrogens is 414 g/mol. The summed E-state index contributed by atoms with van der Waals surface area (Å²) in [6.07, 6.45) is 6.00. The first-order valence-corrected chi connectivity index (χ1v) is 10.3. The lowest BCUT2D eigenvalue weighted by Gasteiger charge is -2.23. The molecule has 154 valence electrons. The van der Waals surface area contributed by atoms with Crippen molar-refractivity contribution in [1.29, 1.82) is 0 Å². The molecule has 0 spiro atoms. The molecule has 0 aliphatic carbocycles. The molecule has 1 fully saturated rings. The predicted octanol–water partition coefficient (Wildman–Crippen LogP) is 3.72. The SMILES string of the molecule is O=C1CCC(c2cccc(-c3ccc4c(cnn4Cc4ncccn4)c3)c2Cl)C(=O)N1. The molecule has 2 amide bonds. The zero-order chi connectivity index (χ0) is 21.4. The number of hydrogen-bond acceptors (Lipinski definition) is 5. The average molecular weight is 432 g/mol. The van der Waals surface area contributed by atoms with Crippen LogP contribution in [0.25, 0.3) is 22.0 Å². The highest BCUT2D eigenvalue weighted by Crippen LogP contribution is 2.37. The van der Waals surface area contributed by atoms with Crippen LogP contribution >= 0.6 is 11.6 Å². The summed E-state index contributed by atoms with van der Waals surface area (Å²) in [5.41, 5.74) is 3.47. The molecule has 7 nitrogen and oxygen atoms in total. The number of hydrogen-bond donors (Lipinski definition) is 1. The molecule has 2 aromatic carbocycles. The number of fused-ring (bicyclic) bond motifs is 1. The molecule has 4 aromatic rings. The maximum Gasteiger partial charge on any atom is 0.234 e. The summed E-state index contributed by atoms with van der Waals surface area (Å²) in [5, 5.41) is 8.38. The van der Waals surface area contributed by atoms with Crippen LogP contribution in [-0.2, 0) is 16.1 Å². The minimum Gasteiger partial charge on any atom is -0.296 e. The van der Waals surface area contributed by atoms with E-state index in [1.54, 1.807) is 24.7 Å². The Morgan fingerprint density at radius 2 is 1.94 bits per heavy atom. The van der Waals surface area contributed by atoms with Gasteiger partial charge in [0.05, 0.1) is 22.7 Å². The van der Waals surface area contributed by atoms with E-state index in [1.807, 2.05) is 41.1 Å². The van der Waals surface area contributed by atoms with Gasteiger partial charge in [0.15, 0.2) is 0 Å². The number of carbonyl (C=O) groups excluding carboxylic acids is 2. The van der Waals surface area contributed by atoms with Gasteiger partial charge in [0.25, 0.3) is 0 Å². The third-order valence-electron chi connectivity index (χ3n) is 5.51. The highest BCUT2D eigenvalue weighted by Gasteiger charge is 2.30. The van der Waals surface area contributed by atoms with Gasteiger partial charge in [-0.25, -0.2) is 9.97 Å². The Morgan fingerprint density at radius 1 is 1.10 bits per heavy atom. The normalized spacial score (nSPS) is 16.5. The van der Waals surface area contributed by atoms with Crippen molar-refractivity contribution >= 4 is 34.3 Å². The Morgan fingerprint density at radius 3 is 2.74 bits per heavy atom. The van der Waals surface area contributed by atoms with Gasteiger partial charge in [0.2, 0.25) is 11.8 Å². The Hall–Kier alpha value is -3.58. The van der Waals surface area contributed by atoms with E-state index in [0.29, 0.717) is 30.2 Å². The molecule has 5 rings (SSSR count). The van der Waals surface area contributed by atoms with Crippen molar-refractivity contribution in [2.75, 3.05) is 0 Å². The number of rotatable bonds is 4. The van der Waals surface area contributed by atoms with Crippen molar-refractivity contribution < 1.29 is 9.59 Å². The molecule has 1 saturated heterocycles. The standard InChI is InChI=1S/C23H18ClN5O2/c24-22-16(3-1-4-17(22)18-6-8-21(30)28-23(18)31)14-5-7-19-15(11-14)12-27-29(19)13-20-25-9-2-10-26-20/h1-5,7,9-12,18H,6,8,13H2,(H,28,30,31). The molecule has 0 radical (unpaired) electrons. The lowest BCUT2D eigenvalue weighted by Crippen LogP contribution is -2.39. The van der Waals surface area contributed by atoms with E-state index >= 15 is 0 Å². The minimum absolute atomic E-state index is 0.239. The summed E-state index contributed by atoms with van der Waals surface area (Å²) in [7, 11) is 0. The summed E-state index contributed by atoms with van der Waals surface area (Å²) in [5.74, 6) is -0.272. The van der Waals surface area contributed by atoms with Gasteiger partial charge in [0, 0.05) is 29.8 Å². The quantitative estimate of drug-likeness (QED) is 0.497. The number of carbonyl (C=O) groups is 2. The van der Waals surface area contributed by atoms with E-state index in [9.17, 15) is 9.59 Å². The summed E-state index contributed by atoms with van der Waals surface area (Å²) < 4.78 is 1.86. The molecular formula is C23H18ClN5O2. The van der Waals surface area contributed by atoms with Gasteiger partial charge < -0.3 is 0 Å². The largest absolute Gasteiger partial charge is 0.296 e. The molecule has 0 bridgehead atoms. The topological polar surface area (TPSA) is 89.8 Å². The molecule has 1 N–H and O–H groups in total. The summed E-state index contributed by atoms with van der Waals surface area (Å²) >= 11 is 6.74.